The minimum absolute atomic E-state index is 0.737. The van der Waals surface area contributed by atoms with Crippen LogP contribution in [0, 0.1) is 6.92 Å². The molecule has 2 rings (SSSR count). The maximum Gasteiger partial charge on any atom is 0.160 e. The molecule has 2 aromatic rings. The molecule has 0 saturated heterocycles. The zero-order valence-corrected chi connectivity index (χ0v) is 10.3. The average molecular weight is 235 g/mol. The number of aldehydes is 1. The largest absolute Gasteiger partial charge is 0.359 e. The summed E-state index contributed by atoms with van der Waals surface area (Å²) in [7, 11) is 1.99. The van der Waals surface area contributed by atoms with Crippen molar-refractivity contribution in [2.24, 2.45) is 0 Å². The molecular formula is C11H13N3OS. The molecule has 0 aromatic carbocycles. The van der Waals surface area contributed by atoms with Gasteiger partial charge in [-0.1, -0.05) is 0 Å². The second-order valence-electron chi connectivity index (χ2n) is 3.60. The number of aryl methyl sites for hydroxylation is 1. The van der Waals surface area contributed by atoms with Gasteiger partial charge in [0.25, 0.3) is 0 Å². The molecule has 4 nitrogen and oxygen atoms in total. The summed E-state index contributed by atoms with van der Waals surface area (Å²) in [6, 6.07) is 0. The Hall–Kier alpha value is -1.49. The fourth-order valence-electron chi connectivity index (χ4n) is 1.62. The lowest BCUT2D eigenvalue weighted by atomic mass is 10.2. The zero-order valence-electron chi connectivity index (χ0n) is 9.52. The number of fused-ring (bicyclic) bond motifs is 1. The van der Waals surface area contributed by atoms with Gasteiger partial charge in [-0.3, -0.25) is 4.79 Å². The Morgan fingerprint density at radius 1 is 1.50 bits per heavy atom. The third-order valence-corrected chi connectivity index (χ3v) is 3.81. The molecule has 0 spiro atoms. The molecule has 2 aromatic heterocycles. The fourth-order valence-corrected chi connectivity index (χ4v) is 2.58. The van der Waals surface area contributed by atoms with Gasteiger partial charge in [-0.05, 0) is 19.4 Å². The zero-order chi connectivity index (χ0) is 11.7. The van der Waals surface area contributed by atoms with Gasteiger partial charge in [0.2, 0.25) is 0 Å². The Balaban J connectivity index is 2.75. The minimum Gasteiger partial charge on any atom is -0.359 e. The Labute approximate surface area is 97.9 Å². The summed E-state index contributed by atoms with van der Waals surface area (Å²) in [5.74, 6) is 0.898. The molecule has 0 bridgehead atoms. The maximum absolute atomic E-state index is 10.9. The smallest absolute Gasteiger partial charge is 0.160 e. The van der Waals surface area contributed by atoms with Crippen molar-refractivity contribution < 1.29 is 4.79 Å². The summed E-state index contributed by atoms with van der Waals surface area (Å²) in [5.41, 5.74) is 0.978. The van der Waals surface area contributed by atoms with Gasteiger partial charge in [0.05, 0.1) is 10.3 Å². The molecule has 0 atom stereocenters. The number of hydrogen-bond donors (Lipinski definition) is 0. The normalized spacial score (nSPS) is 10.7. The van der Waals surface area contributed by atoms with Crippen LogP contribution in [0.1, 0.15) is 22.2 Å². The number of thiophene rings is 1. The highest BCUT2D eigenvalue weighted by atomic mass is 32.1. The molecule has 0 aliphatic heterocycles. The molecule has 0 unspecified atom stereocenters. The molecular weight excluding hydrogens is 222 g/mol. The summed E-state index contributed by atoms with van der Waals surface area (Å²) in [5, 5.41) is 0.999. The predicted octanol–water partition coefficient (Wildman–Crippen LogP) is 2.27. The van der Waals surface area contributed by atoms with Crippen LogP contribution in [0.2, 0.25) is 0 Å². The third-order valence-electron chi connectivity index (χ3n) is 2.69. The third kappa shape index (κ3) is 1.57. The monoisotopic (exact) mass is 235 g/mol. The lowest BCUT2D eigenvalue weighted by Crippen LogP contribution is -2.17. The van der Waals surface area contributed by atoms with E-state index >= 15 is 0 Å². The van der Waals surface area contributed by atoms with E-state index in [9.17, 15) is 4.79 Å². The van der Waals surface area contributed by atoms with Crippen molar-refractivity contribution in [3.05, 3.63) is 16.8 Å². The van der Waals surface area contributed by atoms with Crippen LogP contribution < -0.4 is 4.90 Å². The SMILES string of the molecule is CCN(C)c1ncnc2sc(C=O)c(C)c12. The maximum atomic E-state index is 10.9. The van der Waals surface area contributed by atoms with Gasteiger partial charge in [0.1, 0.15) is 17.0 Å². The number of nitrogens with zero attached hydrogens (tertiary/aromatic N) is 3. The second-order valence-corrected chi connectivity index (χ2v) is 4.63. The number of hydrogen-bond acceptors (Lipinski definition) is 5. The number of carbonyl (C=O) groups is 1. The van der Waals surface area contributed by atoms with Gasteiger partial charge >= 0.3 is 0 Å². The van der Waals surface area contributed by atoms with Crippen molar-refractivity contribution in [2.75, 3.05) is 18.5 Å². The molecule has 5 heteroatoms. The van der Waals surface area contributed by atoms with Crippen molar-refractivity contribution in [1.29, 1.82) is 0 Å². The Bertz CT molecular complexity index is 535. The standard InChI is InChI=1S/C11H13N3OS/c1-4-14(3)10-9-7(2)8(5-15)16-11(9)13-6-12-10/h5-6H,4H2,1-3H3. The molecule has 16 heavy (non-hydrogen) atoms. The van der Waals surface area contributed by atoms with Crippen LogP contribution in [0.3, 0.4) is 0 Å². The lowest BCUT2D eigenvalue weighted by molar-refractivity contribution is 0.112. The number of anilines is 1. The van der Waals surface area contributed by atoms with Gasteiger partial charge < -0.3 is 4.90 Å². The van der Waals surface area contributed by atoms with Crippen molar-refractivity contribution in [2.45, 2.75) is 13.8 Å². The topological polar surface area (TPSA) is 46.1 Å². The van der Waals surface area contributed by atoms with Crippen LogP contribution in [0.25, 0.3) is 10.2 Å². The predicted molar refractivity (Wildman–Crippen MR) is 66.5 cm³/mol. The van der Waals surface area contributed by atoms with Crippen LogP contribution >= 0.6 is 11.3 Å². The van der Waals surface area contributed by atoms with Gasteiger partial charge in [-0.2, -0.15) is 0 Å². The quantitative estimate of drug-likeness (QED) is 0.766. The van der Waals surface area contributed by atoms with Gasteiger partial charge in [-0.15, -0.1) is 11.3 Å². The molecule has 0 aliphatic rings. The molecule has 0 radical (unpaired) electrons. The first kappa shape index (κ1) is 11.0. The van der Waals surface area contributed by atoms with E-state index in [-0.39, 0.29) is 0 Å². The lowest BCUT2D eigenvalue weighted by Gasteiger charge is -2.16. The molecule has 0 saturated carbocycles. The number of aromatic nitrogens is 2. The van der Waals surface area contributed by atoms with Crippen molar-refractivity contribution in [3.63, 3.8) is 0 Å². The minimum atomic E-state index is 0.737. The Morgan fingerprint density at radius 3 is 2.88 bits per heavy atom. The van der Waals surface area contributed by atoms with Gasteiger partial charge in [0, 0.05) is 13.6 Å². The fraction of sp³-hybridized carbons (Fsp3) is 0.364. The van der Waals surface area contributed by atoms with E-state index in [0.29, 0.717) is 0 Å². The van der Waals surface area contributed by atoms with Crippen LogP contribution in [0.15, 0.2) is 6.33 Å². The van der Waals surface area contributed by atoms with E-state index in [2.05, 4.69) is 21.8 Å². The van der Waals surface area contributed by atoms with E-state index in [4.69, 9.17) is 0 Å². The average Bonchev–Trinajstić information content (AvgIpc) is 2.65. The highest BCUT2D eigenvalue weighted by Gasteiger charge is 2.15. The van der Waals surface area contributed by atoms with Crippen molar-refractivity contribution in [1.82, 2.24) is 9.97 Å². The van der Waals surface area contributed by atoms with E-state index < -0.39 is 0 Å². The summed E-state index contributed by atoms with van der Waals surface area (Å²) >= 11 is 1.42. The van der Waals surface area contributed by atoms with E-state index in [1.54, 1.807) is 6.33 Å². The molecule has 0 N–H and O–H groups in total. The molecule has 2 heterocycles. The Kier molecular flexibility index (Phi) is 2.87. The Morgan fingerprint density at radius 2 is 2.25 bits per heavy atom. The first-order chi connectivity index (χ1) is 7.69. The van der Waals surface area contributed by atoms with Crippen LogP contribution in [-0.4, -0.2) is 29.8 Å². The van der Waals surface area contributed by atoms with Gasteiger partial charge in [-0.25, -0.2) is 9.97 Å². The van der Waals surface area contributed by atoms with Crippen LogP contribution in [0.4, 0.5) is 5.82 Å². The van der Waals surface area contributed by atoms with E-state index in [0.717, 1.165) is 39.3 Å². The summed E-state index contributed by atoms with van der Waals surface area (Å²) < 4.78 is 0. The van der Waals surface area contributed by atoms with E-state index in [1.807, 2.05) is 14.0 Å². The number of rotatable bonds is 3. The molecule has 84 valence electrons. The summed E-state index contributed by atoms with van der Waals surface area (Å²) in [4.78, 5) is 23.1. The molecule has 0 aliphatic carbocycles. The van der Waals surface area contributed by atoms with Crippen molar-refractivity contribution >= 4 is 33.7 Å². The first-order valence-electron chi connectivity index (χ1n) is 5.09. The van der Waals surface area contributed by atoms with Crippen LogP contribution in [0.5, 0.6) is 0 Å². The number of carbonyl (C=O) groups excluding carboxylic acids is 1. The van der Waals surface area contributed by atoms with Crippen LogP contribution in [-0.2, 0) is 0 Å². The molecule has 0 fully saturated rings. The van der Waals surface area contributed by atoms with Crippen molar-refractivity contribution in [3.8, 4) is 0 Å². The molecule has 0 amide bonds. The highest BCUT2D eigenvalue weighted by molar-refractivity contribution is 7.20. The second kappa shape index (κ2) is 4.17. The van der Waals surface area contributed by atoms with Gasteiger partial charge in [0.15, 0.2) is 6.29 Å². The highest BCUT2D eigenvalue weighted by Crippen LogP contribution is 2.33. The summed E-state index contributed by atoms with van der Waals surface area (Å²) in [6.07, 6.45) is 2.44. The van der Waals surface area contributed by atoms with E-state index in [1.165, 1.54) is 11.3 Å². The summed E-state index contributed by atoms with van der Waals surface area (Å²) in [6.45, 7) is 4.88. The first-order valence-corrected chi connectivity index (χ1v) is 5.91.